The van der Waals surface area contributed by atoms with Gasteiger partial charge in [-0.15, -0.1) is 0 Å². The SMILES string of the molecule is CC(C)CCNC(=O)c1ccoc1CN1c2ccccc2CC1C. The summed E-state index contributed by atoms with van der Waals surface area (Å²) in [5.41, 5.74) is 3.25. The minimum Gasteiger partial charge on any atom is -0.467 e. The number of para-hydroxylation sites is 1. The van der Waals surface area contributed by atoms with Gasteiger partial charge in [-0.1, -0.05) is 32.0 Å². The molecule has 0 bridgehead atoms. The van der Waals surface area contributed by atoms with Crippen molar-refractivity contribution in [1.82, 2.24) is 5.32 Å². The summed E-state index contributed by atoms with van der Waals surface area (Å²) in [4.78, 5) is 14.7. The summed E-state index contributed by atoms with van der Waals surface area (Å²) in [6.45, 7) is 7.84. The fourth-order valence-electron chi connectivity index (χ4n) is 3.26. The van der Waals surface area contributed by atoms with E-state index in [1.54, 1.807) is 12.3 Å². The van der Waals surface area contributed by atoms with Gasteiger partial charge in [-0.05, 0) is 43.4 Å². The molecule has 3 rings (SSSR count). The first-order valence-corrected chi connectivity index (χ1v) is 8.75. The highest BCUT2D eigenvalue weighted by Crippen LogP contribution is 2.33. The average Bonchev–Trinajstić information content (AvgIpc) is 3.12. The molecule has 1 unspecified atom stereocenters. The minimum absolute atomic E-state index is 0.0421. The Balaban J connectivity index is 1.71. The van der Waals surface area contributed by atoms with Crippen molar-refractivity contribution in [1.29, 1.82) is 0 Å². The van der Waals surface area contributed by atoms with Crippen LogP contribution in [0.15, 0.2) is 41.0 Å². The maximum Gasteiger partial charge on any atom is 0.254 e. The van der Waals surface area contributed by atoms with E-state index in [4.69, 9.17) is 4.42 Å². The zero-order chi connectivity index (χ0) is 17.1. The Morgan fingerprint density at radius 1 is 1.33 bits per heavy atom. The van der Waals surface area contributed by atoms with E-state index in [0.717, 1.165) is 18.6 Å². The van der Waals surface area contributed by atoms with Crippen LogP contribution in [-0.2, 0) is 13.0 Å². The largest absolute Gasteiger partial charge is 0.467 e. The average molecular weight is 326 g/mol. The lowest BCUT2D eigenvalue weighted by atomic mass is 10.1. The third-order valence-electron chi connectivity index (χ3n) is 4.66. The number of hydrogen-bond acceptors (Lipinski definition) is 3. The predicted molar refractivity (Wildman–Crippen MR) is 96.3 cm³/mol. The van der Waals surface area contributed by atoms with Crippen LogP contribution in [0.25, 0.3) is 0 Å². The molecule has 4 heteroatoms. The van der Waals surface area contributed by atoms with Gasteiger partial charge in [0.2, 0.25) is 0 Å². The standard InChI is InChI=1S/C20H26N2O2/c1-14(2)8-10-21-20(23)17-9-11-24-19(17)13-22-15(3)12-16-6-4-5-7-18(16)22/h4-7,9,11,14-15H,8,10,12-13H2,1-3H3,(H,21,23). The molecular formula is C20H26N2O2. The number of rotatable bonds is 6. The van der Waals surface area contributed by atoms with Crippen molar-refractivity contribution in [2.75, 3.05) is 11.4 Å². The monoisotopic (exact) mass is 326 g/mol. The van der Waals surface area contributed by atoms with Crippen LogP contribution < -0.4 is 10.2 Å². The van der Waals surface area contributed by atoms with Gasteiger partial charge in [0.05, 0.1) is 18.4 Å². The first kappa shape index (κ1) is 16.6. The summed E-state index contributed by atoms with van der Waals surface area (Å²) < 4.78 is 5.64. The van der Waals surface area contributed by atoms with Gasteiger partial charge >= 0.3 is 0 Å². The number of carbonyl (C=O) groups excluding carboxylic acids is 1. The van der Waals surface area contributed by atoms with Gasteiger partial charge < -0.3 is 14.6 Å². The molecule has 1 aromatic heterocycles. The lowest BCUT2D eigenvalue weighted by Gasteiger charge is -2.24. The Labute approximate surface area is 143 Å². The van der Waals surface area contributed by atoms with Crippen molar-refractivity contribution in [2.24, 2.45) is 5.92 Å². The van der Waals surface area contributed by atoms with E-state index >= 15 is 0 Å². The topological polar surface area (TPSA) is 45.5 Å². The van der Waals surface area contributed by atoms with Crippen molar-refractivity contribution in [3.63, 3.8) is 0 Å². The van der Waals surface area contributed by atoms with Gasteiger partial charge in [0.15, 0.2) is 0 Å². The Kier molecular flexibility index (Phi) is 4.93. The van der Waals surface area contributed by atoms with Crippen LogP contribution in [0, 0.1) is 5.92 Å². The summed E-state index contributed by atoms with van der Waals surface area (Å²) in [5.74, 6) is 1.27. The van der Waals surface area contributed by atoms with Gasteiger partial charge in [-0.2, -0.15) is 0 Å². The van der Waals surface area contributed by atoms with Crippen molar-refractivity contribution < 1.29 is 9.21 Å². The number of furan rings is 1. The predicted octanol–water partition coefficient (Wildman–Crippen LogP) is 4.01. The number of nitrogens with zero attached hydrogens (tertiary/aromatic N) is 1. The number of hydrogen-bond donors (Lipinski definition) is 1. The van der Waals surface area contributed by atoms with Crippen LogP contribution in [0.5, 0.6) is 0 Å². The van der Waals surface area contributed by atoms with Crippen LogP contribution in [-0.4, -0.2) is 18.5 Å². The van der Waals surface area contributed by atoms with Crippen LogP contribution in [0.3, 0.4) is 0 Å². The van der Waals surface area contributed by atoms with Gasteiger partial charge in [0, 0.05) is 18.3 Å². The van der Waals surface area contributed by atoms with E-state index in [9.17, 15) is 4.79 Å². The normalized spacial score (nSPS) is 16.5. The van der Waals surface area contributed by atoms with E-state index in [0.29, 0.717) is 30.6 Å². The number of amides is 1. The van der Waals surface area contributed by atoms with E-state index in [1.165, 1.54) is 11.3 Å². The maximum atomic E-state index is 12.4. The fourth-order valence-corrected chi connectivity index (χ4v) is 3.26. The van der Waals surface area contributed by atoms with Crippen molar-refractivity contribution >= 4 is 11.6 Å². The van der Waals surface area contributed by atoms with E-state index in [1.807, 2.05) is 0 Å². The number of carbonyl (C=O) groups is 1. The van der Waals surface area contributed by atoms with Crippen LogP contribution in [0.1, 0.15) is 48.9 Å². The summed E-state index contributed by atoms with van der Waals surface area (Å²) in [7, 11) is 0. The van der Waals surface area contributed by atoms with Gasteiger partial charge in [0.25, 0.3) is 5.91 Å². The number of anilines is 1. The third-order valence-corrected chi connectivity index (χ3v) is 4.66. The fraction of sp³-hybridized carbons (Fsp3) is 0.450. The summed E-state index contributed by atoms with van der Waals surface area (Å²) in [5, 5.41) is 2.99. The zero-order valence-corrected chi connectivity index (χ0v) is 14.7. The molecule has 0 aliphatic carbocycles. The summed E-state index contributed by atoms with van der Waals surface area (Å²) >= 11 is 0. The molecule has 1 amide bonds. The second-order valence-corrected chi connectivity index (χ2v) is 7.01. The Morgan fingerprint density at radius 2 is 2.12 bits per heavy atom. The Hall–Kier alpha value is -2.23. The molecule has 0 spiro atoms. The zero-order valence-electron chi connectivity index (χ0n) is 14.7. The molecule has 2 heterocycles. The van der Waals surface area contributed by atoms with E-state index in [-0.39, 0.29) is 5.91 Å². The van der Waals surface area contributed by atoms with Gasteiger partial charge in [-0.25, -0.2) is 0 Å². The number of benzene rings is 1. The van der Waals surface area contributed by atoms with E-state index < -0.39 is 0 Å². The highest BCUT2D eigenvalue weighted by molar-refractivity contribution is 5.95. The molecule has 2 aromatic rings. The van der Waals surface area contributed by atoms with Gasteiger partial charge in [0.1, 0.15) is 5.76 Å². The first-order chi connectivity index (χ1) is 11.6. The Morgan fingerprint density at radius 3 is 2.92 bits per heavy atom. The van der Waals surface area contributed by atoms with Crippen LogP contribution in [0.2, 0.25) is 0 Å². The van der Waals surface area contributed by atoms with E-state index in [2.05, 4.69) is 55.3 Å². The molecule has 1 aliphatic heterocycles. The quantitative estimate of drug-likeness (QED) is 0.872. The molecule has 0 saturated heterocycles. The second-order valence-electron chi connectivity index (χ2n) is 7.01. The highest BCUT2D eigenvalue weighted by Gasteiger charge is 2.27. The minimum atomic E-state index is -0.0421. The number of nitrogens with one attached hydrogen (secondary N) is 1. The molecular weight excluding hydrogens is 300 g/mol. The van der Waals surface area contributed by atoms with Crippen LogP contribution >= 0.6 is 0 Å². The molecule has 1 aromatic carbocycles. The lowest BCUT2D eigenvalue weighted by molar-refractivity contribution is 0.0950. The highest BCUT2D eigenvalue weighted by atomic mass is 16.3. The van der Waals surface area contributed by atoms with Crippen molar-refractivity contribution in [3.05, 3.63) is 53.5 Å². The molecule has 1 N–H and O–H groups in total. The molecule has 1 aliphatic rings. The smallest absolute Gasteiger partial charge is 0.254 e. The first-order valence-electron chi connectivity index (χ1n) is 8.75. The molecule has 24 heavy (non-hydrogen) atoms. The molecule has 1 atom stereocenters. The van der Waals surface area contributed by atoms with Crippen LogP contribution in [0.4, 0.5) is 5.69 Å². The second kappa shape index (κ2) is 7.12. The molecule has 4 nitrogen and oxygen atoms in total. The molecule has 0 saturated carbocycles. The summed E-state index contributed by atoms with van der Waals surface area (Å²) in [6, 6.07) is 10.6. The van der Waals surface area contributed by atoms with Crippen molar-refractivity contribution in [3.8, 4) is 0 Å². The third kappa shape index (κ3) is 3.48. The maximum absolute atomic E-state index is 12.4. The van der Waals surface area contributed by atoms with Crippen molar-refractivity contribution in [2.45, 2.75) is 46.2 Å². The number of fused-ring (bicyclic) bond motifs is 1. The Bertz CT molecular complexity index is 705. The van der Waals surface area contributed by atoms with Gasteiger partial charge in [-0.3, -0.25) is 4.79 Å². The summed E-state index contributed by atoms with van der Waals surface area (Å²) in [6.07, 6.45) is 3.63. The molecule has 128 valence electrons. The molecule has 0 fully saturated rings. The molecule has 0 radical (unpaired) electrons. The lowest BCUT2D eigenvalue weighted by Crippen LogP contribution is -2.30.